The summed E-state index contributed by atoms with van der Waals surface area (Å²) in [6.07, 6.45) is 10.5. The second-order valence-corrected chi connectivity index (χ2v) is 15.8. The van der Waals surface area contributed by atoms with Gasteiger partial charge in [0, 0.05) is 41.5 Å². The van der Waals surface area contributed by atoms with E-state index in [1.54, 1.807) is 13.2 Å². The van der Waals surface area contributed by atoms with E-state index in [0.29, 0.717) is 24.0 Å². The van der Waals surface area contributed by atoms with Crippen molar-refractivity contribution >= 4 is 38.8 Å². The van der Waals surface area contributed by atoms with E-state index in [1.807, 2.05) is 25.1 Å². The average Bonchev–Trinajstić information content (AvgIpc) is 3.10. The molecule has 6 rings (SSSR count). The van der Waals surface area contributed by atoms with Gasteiger partial charge in [-0.2, -0.15) is 0 Å². The van der Waals surface area contributed by atoms with E-state index in [9.17, 15) is 9.00 Å². The number of nitrogens with one attached hydrogen (secondary N) is 1. The number of hydrogen-bond donors (Lipinski definition) is 1. The smallest absolute Gasteiger partial charge is 0.262 e. The zero-order valence-electron chi connectivity index (χ0n) is 24.9. The normalized spacial score (nSPS) is 35.6. The summed E-state index contributed by atoms with van der Waals surface area (Å²) in [6, 6.07) is 11.9. The zero-order chi connectivity index (χ0) is 29.6. The van der Waals surface area contributed by atoms with Gasteiger partial charge in [0.2, 0.25) is 0 Å². The molecule has 1 spiro atoms. The fourth-order valence-electron chi connectivity index (χ4n) is 7.49. The monoisotopic (exact) mass is 610 g/mol. The Morgan fingerprint density at radius 3 is 2.79 bits per heavy atom. The van der Waals surface area contributed by atoms with Crippen LogP contribution in [-0.4, -0.2) is 54.1 Å². The number of anilines is 1. The molecule has 0 radical (unpaired) electrons. The maximum Gasteiger partial charge on any atom is 0.262 e. The first kappa shape index (κ1) is 29.6. The molecule has 1 amide bonds. The number of allylic oxidation sites excluding steroid dienone is 1. The van der Waals surface area contributed by atoms with Crippen LogP contribution >= 0.6 is 11.6 Å². The molecule has 2 aliphatic heterocycles. The first-order valence-corrected chi connectivity index (χ1v) is 17.5. The number of nitrogens with zero attached hydrogens (tertiary/aromatic N) is 1. The quantitative estimate of drug-likeness (QED) is 0.308. The van der Waals surface area contributed by atoms with E-state index >= 15 is 0 Å². The number of carbonyl (C=O) groups excluding carboxylic acids is 1. The summed E-state index contributed by atoms with van der Waals surface area (Å²) < 4.78 is 29.1. The van der Waals surface area contributed by atoms with Crippen molar-refractivity contribution in [2.24, 2.45) is 17.8 Å². The summed E-state index contributed by atoms with van der Waals surface area (Å²) in [5.74, 6) is 5.34. The summed E-state index contributed by atoms with van der Waals surface area (Å²) in [5.41, 5.74) is 3.82. The van der Waals surface area contributed by atoms with Crippen LogP contribution in [-0.2, 0) is 26.3 Å². The third kappa shape index (κ3) is 5.48. The van der Waals surface area contributed by atoms with E-state index in [-0.39, 0.29) is 28.6 Å². The average molecular weight is 611 g/mol. The molecule has 2 heterocycles. The molecule has 7 atom stereocenters. The molecule has 1 unspecified atom stereocenters. The van der Waals surface area contributed by atoms with Crippen LogP contribution in [0.2, 0.25) is 5.02 Å². The van der Waals surface area contributed by atoms with E-state index in [2.05, 4.69) is 46.7 Å². The molecule has 226 valence electrons. The lowest BCUT2D eigenvalue weighted by molar-refractivity contribution is 0.0131. The number of ether oxygens (including phenoxy) is 2. The van der Waals surface area contributed by atoms with Gasteiger partial charge in [-0.15, -0.1) is 0 Å². The lowest BCUT2D eigenvalue weighted by Gasteiger charge is -2.46. The van der Waals surface area contributed by atoms with Gasteiger partial charge in [0.1, 0.15) is 5.75 Å². The minimum Gasteiger partial charge on any atom is -0.490 e. The first-order valence-electron chi connectivity index (χ1n) is 15.3. The highest BCUT2D eigenvalue weighted by molar-refractivity contribution is 7.99. The first-order chi connectivity index (χ1) is 20.1. The molecule has 2 aromatic rings. The van der Waals surface area contributed by atoms with Crippen molar-refractivity contribution in [3.8, 4) is 5.75 Å². The molecule has 2 aromatic carbocycles. The second-order valence-electron chi connectivity index (χ2n) is 13.0. The van der Waals surface area contributed by atoms with Crippen molar-refractivity contribution in [1.82, 2.24) is 4.72 Å². The minimum atomic E-state index is -2.88. The molecule has 1 fully saturated rings. The largest absolute Gasteiger partial charge is 0.490 e. The number of amides is 1. The molecule has 1 saturated carbocycles. The molecule has 1 N–H and O–H groups in total. The molecule has 6 nitrogen and oxygen atoms in total. The lowest BCUT2D eigenvalue weighted by Crippen LogP contribution is -2.49. The second kappa shape index (κ2) is 11.5. The molecule has 42 heavy (non-hydrogen) atoms. The number of aryl methyl sites for hydroxylation is 1. The van der Waals surface area contributed by atoms with Crippen molar-refractivity contribution < 1.29 is 18.5 Å². The van der Waals surface area contributed by atoms with Gasteiger partial charge in [0.25, 0.3) is 5.91 Å². The highest BCUT2D eigenvalue weighted by Crippen LogP contribution is 2.47. The van der Waals surface area contributed by atoms with Gasteiger partial charge in [0.15, 0.2) is 0 Å². The fraction of sp³-hybridized carbons (Fsp3) is 0.529. The van der Waals surface area contributed by atoms with Crippen LogP contribution in [0, 0.1) is 17.8 Å². The van der Waals surface area contributed by atoms with Crippen molar-refractivity contribution in [2.75, 3.05) is 31.7 Å². The molecule has 0 saturated heterocycles. The predicted octanol–water partition coefficient (Wildman–Crippen LogP) is 6.20. The number of fused-ring (bicyclic) bond motifs is 4. The summed E-state index contributed by atoms with van der Waals surface area (Å²) >= 11 is 6.42. The van der Waals surface area contributed by atoms with Crippen molar-refractivity contribution in [2.45, 2.75) is 69.1 Å². The molecular weight excluding hydrogens is 568 g/mol. The number of rotatable bonds is 1. The predicted molar refractivity (Wildman–Crippen MR) is 172 cm³/mol. The molecular formula is C34H43ClN2O4S. The lowest BCUT2D eigenvalue weighted by atomic mass is 9.68. The van der Waals surface area contributed by atoms with Crippen molar-refractivity contribution in [3.05, 3.63) is 70.3 Å². The Bertz CT molecular complexity index is 1490. The Labute approximate surface area is 255 Å². The molecule has 4 aliphatic rings. The van der Waals surface area contributed by atoms with Crippen LogP contribution in [0.4, 0.5) is 5.69 Å². The zero-order valence-corrected chi connectivity index (χ0v) is 26.5. The topological polar surface area (TPSA) is 67.9 Å². The van der Waals surface area contributed by atoms with Gasteiger partial charge in [-0.3, -0.25) is 9.52 Å². The third-order valence-corrected chi connectivity index (χ3v) is 12.9. The molecule has 2 bridgehead atoms. The number of methoxy groups -OCH3 is 1. The van der Waals surface area contributed by atoms with E-state index < -0.39 is 9.71 Å². The maximum atomic E-state index is 13.7. The van der Waals surface area contributed by atoms with Crippen LogP contribution in [0.1, 0.15) is 67.4 Å². The van der Waals surface area contributed by atoms with Crippen LogP contribution in [0.15, 0.2) is 48.6 Å². The molecule has 0 aromatic heterocycles. The molecule has 2 aliphatic carbocycles. The highest BCUT2D eigenvalue weighted by Gasteiger charge is 2.44. The Kier molecular flexibility index (Phi) is 8.14. The van der Waals surface area contributed by atoms with Gasteiger partial charge in [0.05, 0.1) is 28.1 Å². The van der Waals surface area contributed by atoms with E-state index in [4.69, 9.17) is 21.1 Å². The fourth-order valence-corrected chi connectivity index (χ4v) is 9.17. The van der Waals surface area contributed by atoms with Crippen LogP contribution in [0.5, 0.6) is 5.75 Å². The van der Waals surface area contributed by atoms with Gasteiger partial charge in [-0.05, 0) is 111 Å². The van der Waals surface area contributed by atoms with Crippen LogP contribution < -0.4 is 14.4 Å². The van der Waals surface area contributed by atoms with Crippen LogP contribution in [0.25, 0.3) is 0 Å². The van der Waals surface area contributed by atoms with Gasteiger partial charge >= 0.3 is 0 Å². The number of hydrogen-bond acceptors (Lipinski definition) is 5. The summed E-state index contributed by atoms with van der Waals surface area (Å²) in [5, 5.41) is 0.475. The summed E-state index contributed by atoms with van der Waals surface area (Å²) in [4.78, 5) is 16.0. The molecule has 8 heteroatoms. The number of carbonyl (C=O) groups is 1. The maximum absolute atomic E-state index is 13.7. The summed E-state index contributed by atoms with van der Waals surface area (Å²) in [7, 11) is -1.09. The highest BCUT2D eigenvalue weighted by atomic mass is 35.5. The minimum absolute atomic E-state index is 0.0310. The van der Waals surface area contributed by atoms with Gasteiger partial charge < -0.3 is 14.4 Å². The van der Waals surface area contributed by atoms with Gasteiger partial charge in [-0.1, -0.05) is 36.7 Å². The standard InChI is InChI=1S/C34H43ClN2O4S/c1-22-7-5-9-31(40-3)28-13-10-26(28)19-37-20-34(16-6-8-24-17-27(35)12-14-29(24)34)21-41-32-15-11-25(18-30(32)37)33(38)36-42(4,39)23(22)2/h5,9,11-12,14-15,17-18,22-23,26,28,31H,4,6-8,10,13,16,19-21H2,1-3H3,(H,36,38,39)/b9-5-/t22-,23+,26-,28+,31-,34-,42?/m0/s1. The van der Waals surface area contributed by atoms with Crippen molar-refractivity contribution in [3.63, 3.8) is 0 Å². The number of benzene rings is 2. The Balaban J connectivity index is 1.43. The van der Waals surface area contributed by atoms with E-state index in [0.717, 1.165) is 68.1 Å². The third-order valence-electron chi connectivity index (χ3n) is 10.4. The van der Waals surface area contributed by atoms with E-state index in [1.165, 1.54) is 11.1 Å². The Morgan fingerprint density at radius 1 is 1.19 bits per heavy atom. The van der Waals surface area contributed by atoms with Crippen molar-refractivity contribution in [1.29, 1.82) is 0 Å². The van der Waals surface area contributed by atoms with Gasteiger partial charge in [-0.25, -0.2) is 4.21 Å². The van der Waals surface area contributed by atoms with Crippen LogP contribution in [0.3, 0.4) is 0 Å². The number of halogens is 1. The Morgan fingerprint density at radius 2 is 2.02 bits per heavy atom. The summed E-state index contributed by atoms with van der Waals surface area (Å²) in [6.45, 7) is 6.18. The Hall–Kier alpha value is -2.48. The SMILES string of the molecule is C=S1(=O)NC(=O)c2ccc3c(c2)N(C[C@@H]2CC[C@H]2[C@@H](OC)/C=C\C[C@H](C)[C@H]1C)C[C@@]1(CCCc2cc(Cl)ccc21)CO3.